The summed E-state index contributed by atoms with van der Waals surface area (Å²) in [5, 5.41) is 0. The lowest BCUT2D eigenvalue weighted by atomic mass is 10.1. The number of hydrogen-bond donors (Lipinski definition) is 0. The van der Waals surface area contributed by atoms with Crippen molar-refractivity contribution in [3.63, 3.8) is 0 Å². The van der Waals surface area contributed by atoms with E-state index in [1.807, 2.05) is 12.3 Å². The first kappa shape index (κ1) is 12.5. The zero-order valence-corrected chi connectivity index (χ0v) is 11.1. The average Bonchev–Trinajstić information content (AvgIpc) is 2.33. The minimum Gasteiger partial charge on any atom is -0.298 e. The Morgan fingerprint density at radius 1 is 1.35 bits per heavy atom. The van der Waals surface area contributed by atoms with Crippen molar-refractivity contribution >= 4 is 0 Å². The van der Waals surface area contributed by atoms with Crippen LogP contribution in [0.15, 0.2) is 24.4 Å². The number of nitrogens with zero attached hydrogens (tertiary/aromatic N) is 3. The summed E-state index contributed by atoms with van der Waals surface area (Å²) >= 11 is 0. The van der Waals surface area contributed by atoms with E-state index in [0.29, 0.717) is 12.1 Å². The Balaban J connectivity index is 1.92. The molecule has 1 aliphatic rings. The molecule has 3 heteroatoms. The van der Waals surface area contributed by atoms with E-state index < -0.39 is 0 Å². The fourth-order valence-corrected chi connectivity index (χ4v) is 2.43. The highest BCUT2D eigenvalue weighted by molar-refractivity contribution is 5.03. The molecule has 0 spiro atoms. The van der Waals surface area contributed by atoms with Gasteiger partial charge in [0.25, 0.3) is 0 Å². The quantitative estimate of drug-likeness (QED) is 0.796. The molecule has 0 aromatic carbocycles. The average molecular weight is 233 g/mol. The molecule has 0 radical (unpaired) electrons. The Bertz CT molecular complexity index is 337. The van der Waals surface area contributed by atoms with E-state index in [0.717, 1.165) is 13.1 Å². The molecule has 1 aromatic heterocycles. The first-order valence-electron chi connectivity index (χ1n) is 6.55. The van der Waals surface area contributed by atoms with Crippen LogP contribution in [0.5, 0.6) is 0 Å². The predicted octanol–water partition coefficient (Wildman–Crippen LogP) is 2.00. The molecule has 94 valence electrons. The van der Waals surface area contributed by atoms with Gasteiger partial charge >= 0.3 is 0 Å². The molecule has 0 bridgehead atoms. The van der Waals surface area contributed by atoms with Gasteiger partial charge in [0.1, 0.15) is 0 Å². The van der Waals surface area contributed by atoms with Crippen LogP contribution in [0.1, 0.15) is 26.5 Å². The van der Waals surface area contributed by atoms with Crippen LogP contribution >= 0.6 is 0 Å². The molecule has 1 saturated heterocycles. The van der Waals surface area contributed by atoms with Crippen molar-refractivity contribution in [2.45, 2.75) is 39.4 Å². The maximum absolute atomic E-state index is 4.41. The van der Waals surface area contributed by atoms with Gasteiger partial charge in [-0.15, -0.1) is 0 Å². The monoisotopic (exact) mass is 233 g/mol. The van der Waals surface area contributed by atoms with Gasteiger partial charge < -0.3 is 0 Å². The summed E-state index contributed by atoms with van der Waals surface area (Å²) in [5.74, 6) is 0. The van der Waals surface area contributed by atoms with Crippen molar-refractivity contribution in [1.29, 1.82) is 0 Å². The molecule has 3 nitrogen and oxygen atoms in total. The molecule has 0 amide bonds. The van der Waals surface area contributed by atoms with Gasteiger partial charge in [-0.25, -0.2) is 0 Å². The van der Waals surface area contributed by atoms with Crippen molar-refractivity contribution in [2.75, 3.05) is 19.6 Å². The van der Waals surface area contributed by atoms with E-state index in [9.17, 15) is 0 Å². The molecule has 0 saturated carbocycles. The Hall–Kier alpha value is -0.930. The predicted molar refractivity (Wildman–Crippen MR) is 70.8 cm³/mol. The normalized spacial score (nSPS) is 23.2. The second-order valence-electron chi connectivity index (χ2n) is 5.23. The van der Waals surface area contributed by atoms with Crippen LogP contribution in [-0.4, -0.2) is 46.5 Å². The van der Waals surface area contributed by atoms with Crippen molar-refractivity contribution in [3.8, 4) is 0 Å². The second kappa shape index (κ2) is 5.61. The summed E-state index contributed by atoms with van der Waals surface area (Å²) < 4.78 is 0. The van der Waals surface area contributed by atoms with Gasteiger partial charge in [0.15, 0.2) is 0 Å². The highest BCUT2D eigenvalue weighted by Crippen LogP contribution is 2.14. The lowest BCUT2D eigenvalue weighted by Gasteiger charge is -2.41. The third-order valence-corrected chi connectivity index (χ3v) is 3.62. The summed E-state index contributed by atoms with van der Waals surface area (Å²) in [6.07, 6.45) is 1.88. The highest BCUT2D eigenvalue weighted by Gasteiger charge is 2.24. The molecular weight excluding hydrogens is 210 g/mol. The van der Waals surface area contributed by atoms with Crippen molar-refractivity contribution in [2.24, 2.45) is 0 Å². The van der Waals surface area contributed by atoms with Gasteiger partial charge in [0.2, 0.25) is 0 Å². The van der Waals surface area contributed by atoms with Crippen LogP contribution in [0.25, 0.3) is 0 Å². The Kier molecular flexibility index (Phi) is 4.13. The number of piperazine rings is 1. The third-order valence-electron chi connectivity index (χ3n) is 3.62. The van der Waals surface area contributed by atoms with Crippen molar-refractivity contribution in [1.82, 2.24) is 14.8 Å². The molecule has 1 aromatic rings. The number of pyridine rings is 1. The third kappa shape index (κ3) is 3.27. The molecular formula is C14H23N3. The van der Waals surface area contributed by atoms with Gasteiger partial charge in [0.05, 0.1) is 5.69 Å². The van der Waals surface area contributed by atoms with E-state index in [-0.39, 0.29) is 0 Å². The second-order valence-corrected chi connectivity index (χ2v) is 5.23. The number of rotatable bonds is 3. The zero-order chi connectivity index (χ0) is 12.3. The van der Waals surface area contributed by atoms with Crippen molar-refractivity contribution in [3.05, 3.63) is 30.1 Å². The maximum Gasteiger partial charge on any atom is 0.0544 e. The molecule has 1 fully saturated rings. The summed E-state index contributed by atoms with van der Waals surface area (Å²) in [4.78, 5) is 9.49. The standard InChI is InChI=1S/C14H23N3/c1-12(2)16-8-9-17(13(3)10-16)11-14-6-4-5-7-15-14/h4-7,12-13H,8-11H2,1-3H3/t13-/m1/s1. The Labute approximate surface area is 104 Å². The van der Waals surface area contributed by atoms with Crippen LogP contribution in [0.3, 0.4) is 0 Å². The first-order chi connectivity index (χ1) is 8.16. The summed E-state index contributed by atoms with van der Waals surface area (Å²) in [6, 6.07) is 7.44. The van der Waals surface area contributed by atoms with E-state index in [2.05, 4.69) is 47.7 Å². The van der Waals surface area contributed by atoms with Crippen LogP contribution < -0.4 is 0 Å². The van der Waals surface area contributed by atoms with Gasteiger partial charge in [-0.05, 0) is 32.9 Å². The van der Waals surface area contributed by atoms with E-state index in [4.69, 9.17) is 0 Å². The SMILES string of the molecule is CC(C)N1CCN(Cc2ccccn2)[C@H](C)C1. The minimum absolute atomic E-state index is 0.619. The van der Waals surface area contributed by atoms with Crippen LogP contribution in [0.2, 0.25) is 0 Å². The first-order valence-corrected chi connectivity index (χ1v) is 6.55. The molecule has 0 unspecified atom stereocenters. The molecule has 0 N–H and O–H groups in total. The van der Waals surface area contributed by atoms with Gasteiger partial charge in [-0.2, -0.15) is 0 Å². The molecule has 17 heavy (non-hydrogen) atoms. The van der Waals surface area contributed by atoms with Crippen LogP contribution in [0, 0.1) is 0 Å². The number of aromatic nitrogens is 1. The topological polar surface area (TPSA) is 19.4 Å². The largest absolute Gasteiger partial charge is 0.298 e. The fraction of sp³-hybridized carbons (Fsp3) is 0.643. The molecule has 0 aliphatic carbocycles. The van der Waals surface area contributed by atoms with E-state index in [1.54, 1.807) is 0 Å². The summed E-state index contributed by atoms with van der Waals surface area (Å²) in [6.45, 7) is 11.4. The lowest BCUT2D eigenvalue weighted by Crippen LogP contribution is -2.53. The zero-order valence-electron chi connectivity index (χ0n) is 11.1. The Morgan fingerprint density at radius 2 is 2.18 bits per heavy atom. The smallest absolute Gasteiger partial charge is 0.0544 e. The van der Waals surface area contributed by atoms with Gasteiger partial charge in [-0.1, -0.05) is 6.07 Å². The highest BCUT2D eigenvalue weighted by atomic mass is 15.3. The summed E-state index contributed by atoms with van der Waals surface area (Å²) in [5.41, 5.74) is 1.18. The number of hydrogen-bond acceptors (Lipinski definition) is 3. The van der Waals surface area contributed by atoms with Gasteiger partial charge in [-0.3, -0.25) is 14.8 Å². The minimum atomic E-state index is 0.619. The molecule has 2 heterocycles. The van der Waals surface area contributed by atoms with Crippen LogP contribution in [0.4, 0.5) is 0 Å². The molecule has 2 rings (SSSR count). The lowest BCUT2D eigenvalue weighted by molar-refractivity contribution is 0.0589. The van der Waals surface area contributed by atoms with Crippen LogP contribution in [-0.2, 0) is 6.54 Å². The van der Waals surface area contributed by atoms with Gasteiger partial charge in [0, 0.05) is 44.5 Å². The van der Waals surface area contributed by atoms with E-state index >= 15 is 0 Å². The molecule has 1 aliphatic heterocycles. The van der Waals surface area contributed by atoms with E-state index in [1.165, 1.54) is 18.8 Å². The maximum atomic E-state index is 4.41. The Morgan fingerprint density at radius 3 is 2.76 bits per heavy atom. The van der Waals surface area contributed by atoms with Crippen molar-refractivity contribution < 1.29 is 0 Å². The summed E-state index contributed by atoms with van der Waals surface area (Å²) in [7, 11) is 0. The molecule has 1 atom stereocenters. The fourth-order valence-electron chi connectivity index (χ4n) is 2.43.